The third kappa shape index (κ3) is 6.57. The van der Waals surface area contributed by atoms with Crippen LogP contribution in [0.15, 0.2) is 65.6 Å². The van der Waals surface area contributed by atoms with Gasteiger partial charge in [-0.2, -0.15) is 0 Å². The van der Waals surface area contributed by atoms with Crippen LogP contribution in [0.5, 0.6) is 5.75 Å². The molecular formula is C29H33ClN4O5S. The summed E-state index contributed by atoms with van der Waals surface area (Å²) in [5.74, 6) is -0.466. The molecule has 1 aliphatic heterocycles. The molecule has 9 nitrogen and oxygen atoms in total. The van der Waals surface area contributed by atoms with Gasteiger partial charge in [0, 0.05) is 42.5 Å². The van der Waals surface area contributed by atoms with Gasteiger partial charge in [0.25, 0.3) is 15.9 Å². The van der Waals surface area contributed by atoms with Crippen molar-refractivity contribution in [2.75, 3.05) is 56.5 Å². The number of rotatable bonds is 8. The second-order valence-electron chi connectivity index (χ2n) is 9.82. The molecule has 1 saturated heterocycles. The normalized spacial score (nSPS) is 14.1. The largest absolute Gasteiger partial charge is 0.495 e. The van der Waals surface area contributed by atoms with E-state index in [2.05, 4.69) is 10.2 Å². The van der Waals surface area contributed by atoms with Crippen LogP contribution in [0, 0.1) is 13.8 Å². The van der Waals surface area contributed by atoms with E-state index in [0.717, 1.165) is 28.5 Å². The van der Waals surface area contributed by atoms with Crippen molar-refractivity contribution in [2.24, 2.45) is 0 Å². The van der Waals surface area contributed by atoms with Crippen molar-refractivity contribution >= 4 is 44.8 Å². The number of hydrogen-bond donors (Lipinski definition) is 1. The Kier molecular flexibility index (Phi) is 9.02. The summed E-state index contributed by atoms with van der Waals surface area (Å²) < 4.78 is 34.2. The first kappa shape index (κ1) is 29.4. The summed E-state index contributed by atoms with van der Waals surface area (Å²) in [4.78, 5) is 29.9. The summed E-state index contributed by atoms with van der Waals surface area (Å²) in [6, 6.07) is 16.2. The Morgan fingerprint density at radius 3 is 2.27 bits per heavy atom. The first-order chi connectivity index (χ1) is 19.0. The second-order valence-corrected chi connectivity index (χ2v) is 12.1. The molecule has 3 aromatic rings. The number of carbonyl (C=O) groups is 2. The molecule has 4 rings (SSSR count). The maximum absolute atomic E-state index is 13.9. The van der Waals surface area contributed by atoms with Gasteiger partial charge in [-0.3, -0.25) is 13.9 Å². The van der Waals surface area contributed by atoms with Gasteiger partial charge in [-0.1, -0.05) is 23.7 Å². The molecule has 212 valence electrons. The maximum atomic E-state index is 13.9. The lowest BCUT2D eigenvalue weighted by Gasteiger charge is -2.32. The number of likely N-dealkylation sites (N-methyl/N-ethyl adjacent to an activating group) is 1. The van der Waals surface area contributed by atoms with Crippen LogP contribution in [0.2, 0.25) is 5.02 Å². The Bertz CT molecular complexity index is 1500. The molecule has 1 fully saturated rings. The van der Waals surface area contributed by atoms with E-state index < -0.39 is 22.5 Å². The first-order valence-corrected chi connectivity index (χ1v) is 14.6. The summed E-state index contributed by atoms with van der Waals surface area (Å²) in [5, 5.41) is 3.11. The lowest BCUT2D eigenvalue weighted by Crippen LogP contribution is -2.47. The smallest absolute Gasteiger partial charge is 0.268 e. The van der Waals surface area contributed by atoms with Crippen molar-refractivity contribution in [3.05, 3.63) is 82.4 Å². The molecule has 0 atom stereocenters. The topological polar surface area (TPSA) is 99.3 Å². The Morgan fingerprint density at radius 2 is 1.65 bits per heavy atom. The average molecular weight is 585 g/mol. The standard InChI is InChI=1S/C29H33ClN4O5S/c1-20-5-12-26(39-4)27(17-20)40(37,38)34(24-11-6-21(2)25(30)18-24)19-28(35)31-23-9-7-22(8-10-23)29(36)33-15-13-32(3)14-16-33/h5-12,17-18H,13-16,19H2,1-4H3,(H,31,35). The SMILES string of the molecule is COc1ccc(C)cc1S(=O)(=O)N(CC(=O)Nc1ccc(C(=O)N2CCN(C)CC2)cc1)c1ccc(C)c(Cl)c1. The monoisotopic (exact) mass is 584 g/mol. The number of nitrogens with one attached hydrogen (secondary N) is 1. The highest BCUT2D eigenvalue weighted by molar-refractivity contribution is 7.93. The number of amides is 2. The minimum Gasteiger partial charge on any atom is -0.495 e. The molecule has 0 aromatic heterocycles. The number of sulfonamides is 1. The predicted octanol–water partition coefficient (Wildman–Crippen LogP) is 4.19. The summed E-state index contributed by atoms with van der Waals surface area (Å²) in [6.07, 6.45) is 0. The number of anilines is 2. The lowest BCUT2D eigenvalue weighted by molar-refractivity contribution is -0.114. The van der Waals surface area contributed by atoms with Gasteiger partial charge in [-0.15, -0.1) is 0 Å². The van der Waals surface area contributed by atoms with Crippen LogP contribution in [0.1, 0.15) is 21.5 Å². The van der Waals surface area contributed by atoms with Crippen LogP contribution in [-0.2, 0) is 14.8 Å². The molecule has 0 radical (unpaired) electrons. The summed E-state index contributed by atoms with van der Waals surface area (Å²) in [7, 11) is -0.821. The number of halogens is 1. The highest BCUT2D eigenvalue weighted by atomic mass is 35.5. The van der Waals surface area contributed by atoms with Crippen LogP contribution < -0.4 is 14.4 Å². The average Bonchev–Trinajstić information content (AvgIpc) is 2.93. The highest BCUT2D eigenvalue weighted by Gasteiger charge is 2.31. The molecule has 0 saturated carbocycles. The quantitative estimate of drug-likeness (QED) is 0.426. The van der Waals surface area contributed by atoms with Crippen molar-refractivity contribution < 1.29 is 22.7 Å². The third-order valence-electron chi connectivity index (χ3n) is 6.82. The number of hydrogen-bond acceptors (Lipinski definition) is 6. The Balaban J connectivity index is 1.57. The Hall–Kier alpha value is -3.60. The van der Waals surface area contributed by atoms with Crippen molar-refractivity contribution in [2.45, 2.75) is 18.7 Å². The third-order valence-corrected chi connectivity index (χ3v) is 9.03. The summed E-state index contributed by atoms with van der Waals surface area (Å²) in [5.41, 5.74) is 2.69. The van der Waals surface area contributed by atoms with Gasteiger partial charge in [0.2, 0.25) is 5.91 Å². The van der Waals surface area contributed by atoms with Crippen LogP contribution in [0.3, 0.4) is 0 Å². The molecule has 11 heteroatoms. The van der Waals surface area contributed by atoms with Gasteiger partial charge in [0.15, 0.2) is 0 Å². The molecule has 1 N–H and O–H groups in total. The predicted molar refractivity (Wildman–Crippen MR) is 157 cm³/mol. The number of carbonyl (C=O) groups excluding carboxylic acids is 2. The minimum atomic E-state index is -4.24. The van der Waals surface area contributed by atoms with Crippen molar-refractivity contribution in [1.29, 1.82) is 0 Å². The van der Waals surface area contributed by atoms with E-state index in [0.29, 0.717) is 29.4 Å². The zero-order valence-corrected chi connectivity index (χ0v) is 24.6. The van der Waals surface area contributed by atoms with Gasteiger partial charge < -0.3 is 19.9 Å². The van der Waals surface area contributed by atoms with E-state index in [4.69, 9.17) is 16.3 Å². The summed E-state index contributed by atoms with van der Waals surface area (Å²) in [6.45, 7) is 6.02. The number of ether oxygens (including phenoxy) is 1. The molecule has 0 bridgehead atoms. The van der Waals surface area contributed by atoms with Crippen LogP contribution in [-0.4, -0.2) is 76.9 Å². The van der Waals surface area contributed by atoms with E-state index in [1.54, 1.807) is 62.4 Å². The zero-order valence-electron chi connectivity index (χ0n) is 23.0. The molecule has 1 aliphatic rings. The van der Waals surface area contributed by atoms with Crippen LogP contribution >= 0.6 is 11.6 Å². The van der Waals surface area contributed by atoms with E-state index in [1.807, 2.05) is 11.9 Å². The van der Waals surface area contributed by atoms with E-state index >= 15 is 0 Å². The van der Waals surface area contributed by atoms with Crippen LogP contribution in [0.25, 0.3) is 0 Å². The number of methoxy groups -OCH3 is 1. The molecule has 2 amide bonds. The zero-order chi connectivity index (χ0) is 29.0. The van der Waals surface area contributed by atoms with E-state index in [1.165, 1.54) is 19.2 Å². The molecular weight excluding hydrogens is 552 g/mol. The van der Waals surface area contributed by atoms with Crippen molar-refractivity contribution in [1.82, 2.24) is 9.80 Å². The van der Waals surface area contributed by atoms with Gasteiger partial charge in [0.1, 0.15) is 17.2 Å². The Morgan fingerprint density at radius 1 is 0.975 bits per heavy atom. The molecule has 1 heterocycles. The van der Waals surface area contributed by atoms with Gasteiger partial charge in [-0.05, 0) is 80.6 Å². The number of nitrogens with zero attached hydrogens (tertiary/aromatic N) is 3. The molecule has 0 unspecified atom stereocenters. The van der Waals surface area contributed by atoms with Crippen LogP contribution in [0.4, 0.5) is 11.4 Å². The number of benzene rings is 3. The minimum absolute atomic E-state index is 0.0633. The fraction of sp³-hybridized carbons (Fsp3) is 0.310. The van der Waals surface area contributed by atoms with Gasteiger partial charge >= 0.3 is 0 Å². The lowest BCUT2D eigenvalue weighted by atomic mass is 10.1. The molecule has 3 aromatic carbocycles. The number of aryl methyl sites for hydroxylation is 2. The first-order valence-electron chi connectivity index (χ1n) is 12.8. The van der Waals surface area contributed by atoms with E-state index in [9.17, 15) is 18.0 Å². The maximum Gasteiger partial charge on any atom is 0.268 e. The highest BCUT2D eigenvalue weighted by Crippen LogP contribution is 2.32. The van der Waals surface area contributed by atoms with Crippen molar-refractivity contribution in [3.8, 4) is 5.75 Å². The number of piperazine rings is 1. The summed E-state index contributed by atoms with van der Waals surface area (Å²) >= 11 is 6.33. The molecule has 0 aliphatic carbocycles. The fourth-order valence-corrected chi connectivity index (χ4v) is 6.21. The van der Waals surface area contributed by atoms with Gasteiger partial charge in [-0.25, -0.2) is 8.42 Å². The van der Waals surface area contributed by atoms with Crippen molar-refractivity contribution in [3.63, 3.8) is 0 Å². The van der Waals surface area contributed by atoms with Gasteiger partial charge in [0.05, 0.1) is 12.8 Å². The molecule has 40 heavy (non-hydrogen) atoms. The Labute approximate surface area is 240 Å². The molecule has 0 spiro atoms. The fourth-order valence-electron chi connectivity index (χ4n) is 4.38. The second kappa shape index (κ2) is 12.3. The van der Waals surface area contributed by atoms with E-state index in [-0.39, 0.29) is 22.2 Å².